The number of ether oxygens (including phenoxy) is 2. The second-order valence-electron chi connectivity index (χ2n) is 6.94. The Morgan fingerprint density at radius 2 is 1.85 bits per heavy atom. The van der Waals surface area contributed by atoms with Crippen LogP contribution in [0.3, 0.4) is 0 Å². The van der Waals surface area contributed by atoms with Gasteiger partial charge in [-0.3, -0.25) is 4.79 Å². The van der Waals surface area contributed by atoms with E-state index in [2.05, 4.69) is 5.32 Å². The third-order valence-electron chi connectivity index (χ3n) is 4.62. The van der Waals surface area contributed by atoms with Crippen molar-refractivity contribution in [2.24, 2.45) is 0 Å². The molecule has 2 aliphatic heterocycles. The van der Waals surface area contributed by atoms with Crippen LogP contribution in [0.4, 0.5) is 10.5 Å². The van der Waals surface area contributed by atoms with Crippen LogP contribution < -0.4 is 15.0 Å². The van der Waals surface area contributed by atoms with E-state index in [0.29, 0.717) is 32.7 Å². The minimum absolute atomic E-state index is 0.0168. The zero-order chi connectivity index (χ0) is 18.7. The van der Waals surface area contributed by atoms with Crippen molar-refractivity contribution in [3.05, 3.63) is 24.3 Å². The second kappa shape index (κ2) is 7.95. The lowest BCUT2D eigenvalue weighted by molar-refractivity contribution is -0.117. The lowest BCUT2D eigenvalue weighted by Crippen LogP contribution is -2.53. The Kier molecular flexibility index (Phi) is 5.66. The van der Waals surface area contributed by atoms with Gasteiger partial charge in [0.1, 0.15) is 5.75 Å². The predicted octanol–water partition coefficient (Wildman–Crippen LogP) is 2.01. The Morgan fingerprint density at radius 3 is 2.46 bits per heavy atom. The highest BCUT2D eigenvalue weighted by atomic mass is 16.5. The van der Waals surface area contributed by atoms with Gasteiger partial charge in [0.15, 0.2) is 0 Å². The maximum absolute atomic E-state index is 12.5. The Morgan fingerprint density at radius 1 is 1.19 bits per heavy atom. The Labute approximate surface area is 154 Å². The average molecular weight is 361 g/mol. The normalized spacial score (nSPS) is 26.1. The van der Waals surface area contributed by atoms with E-state index in [9.17, 15) is 9.59 Å². The van der Waals surface area contributed by atoms with E-state index in [1.54, 1.807) is 9.80 Å². The van der Waals surface area contributed by atoms with Crippen LogP contribution in [0.1, 0.15) is 27.2 Å². The van der Waals surface area contributed by atoms with E-state index < -0.39 is 0 Å². The summed E-state index contributed by atoms with van der Waals surface area (Å²) in [4.78, 5) is 28.4. The molecule has 3 amide bonds. The minimum Gasteiger partial charge on any atom is -0.494 e. The number of amides is 3. The van der Waals surface area contributed by atoms with Crippen molar-refractivity contribution in [1.82, 2.24) is 10.2 Å². The number of rotatable bonds is 4. The molecule has 1 aromatic rings. The topological polar surface area (TPSA) is 71.1 Å². The summed E-state index contributed by atoms with van der Waals surface area (Å²) in [6.07, 6.45) is 0.360. The third kappa shape index (κ3) is 4.27. The molecule has 0 bridgehead atoms. The largest absolute Gasteiger partial charge is 0.494 e. The molecule has 0 aliphatic carbocycles. The van der Waals surface area contributed by atoms with Crippen molar-refractivity contribution in [3.63, 3.8) is 0 Å². The molecule has 3 unspecified atom stereocenters. The number of anilines is 1. The molecule has 1 aromatic carbocycles. The lowest BCUT2D eigenvalue weighted by Gasteiger charge is -2.35. The number of hydrogen-bond donors (Lipinski definition) is 1. The molecule has 7 heteroatoms. The molecule has 0 spiro atoms. The summed E-state index contributed by atoms with van der Waals surface area (Å²) >= 11 is 0. The molecule has 2 heterocycles. The van der Waals surface area contributed by atoms with Gasteiger partial charge >= 0.3 is 6.03 Å². The second-order valence-corrected chi connectivity index (χ2v) is 6.94. The summed E-state index contributed by atoms with van der Waals surface area (Å²) in [6.45, 7) is 8.08. The Bertz CT molecular complexity index is 639. The summed E-state index contributed by atoms with van der Waals surface area (Å²) in [5, 5.41) is 3.00. The molecule has 0 saturated carbocycles. The van der Waals surface area contributed by atoms with Crippen LogP contribution in [0.5, 0.6) is 5.75 Å². The molecule has 0 aromatic heterocycles. The van der Waals surface area contributed by atoms with Gasteiger partial charge in [0.2, 0.25) is 5.91 Å². The highest BCUT2D eigenvalue weighted by Crippen LogP contribution is 2.24. The van der Waals surface area contributed by atoms with Crippen molar-refractivity contribution in [3.8, 4) is 5.75 Å². The summed E-state index contributed by atoms with van der Waals surface area (Å²) in [5.74, 6) is 0.798. The van der Waals surface area contributed by atoms with Crippen molar-refractivity contribution in [1.29, 1.82) is 0 Å². The standard InChI is InChI=1S/C19H27N3O4/c1-4-25-17-7-5-16(6-8-17)22-12-15(9-18(22)23)20-19(24)21-10-13(2)26-14(3)11-21/h5-8,13-15H,4,9-12H2,1-3H3,(H,20,24). The van der Waals surface area contributed by atoms with Gasteiger partial charge in [0, 0.05) is 31.7 Å². The minimum atomic E-state index is -0.185. The molecule has 2 aliphatic rings. The van der Waals surface area contributed by atoms with Gasteiger partial charge in [-0.15, -0.1) is 0 Å². The number of hydrogen-bond acceptors (Lipinski definition) is 4. The number of carbonyl (C=O) groups is 2. The van der Waals surface area contributed by atoms with E-state index in [-0.39, 0.29) is 30.2 Å². The van der Waals surface area contributed by atoms with Crippen molar-refractivity contribution in [2.45, 2.75) is 45.4 Å². The van der Waals surface area contributed by atoms with Gasteiger partial charge in [-0.1, -0.05) is 0 Å². The van der Waals surface area contributed by atoms with Crippen LogP contribution in [-0.4, -0.2) is 61.3 Å². The first-order chi connectivity index (χ1) is 12.5. The molecular weight excluding hydrogens is 334 g/mol. The molecular formula is C19H27N3O4. The van der Waals surface area contributed by atoms with E-state index in [1.165, 1.54) is 0 Å². The smallest absolute Gasteiger partial charge is 0.317 e. The first kappa shape index (κ1) is 18.5. The van der Waals surface area contributed by atoms with Gasteiger partial charge < -0.3 is 24.6 Å². The van der Waals surface area contributed by atoms with Crippen LogP contribution in [0.2, 0.25) is 0 Å². The fraction of sp³-hybridized carbons (Fsp3) is 0.579. The van der Waals surface area contributed by atoms with Crippen molar-refractivity contribution < 1.29 is 19.1 Å². The number of urea groups is 1. The molecule has 3 rings (SSSR count). The van der Waals surface area contributed by atoms with E-state index >= 15 is 0 Å². The van der Waals surface area contributed by atoms with Gasteiger partial charge in [-0.2, -0.15) is 0 Å². The highest BCUT2D eigenvalue weighted by molar-refractivity contribution is 5.96. The van der Waals surface area contributed by atoms with E-state index in [4.69, 9.17) is 9.47 Å². The van der Waals surface area contributed by atoms with Crippen LogP contribution in [0, 0.1) is 0 Å². The quantitative estimate of drug-likeness (QED) is 0.891. The van der Waals surface area contributed by atoms with Gasteiger partial charge in [0.25, 0.3) is 0 Å². The van der Waals surface area contributed by atoms with E-state index in [1.807, 2.05) is 45.0 Å². The summed E-state index contributed by atoms with van der Waals surface area (Å²) in [6, 6.07) is 7.15. The van der Waals surface area contributed by atoms with Gasteiger partial charge in [0.05, 0.1) is 24.9 Å². The third-order valence-corrected chi connectivity index (χ3v) is 4.62. The summed E-state index contributed by atoms with van der Waals surface area (Å²) in [7, 11) is 0. The molecule has 2 fully saturated rings. The first-order valence-corrected chi connectivity index (χ1v) is 9.20. The monoisotopic (exact) mass is 361 g/mol. The number of nitrogens with zero attached hydrogens (tertiary/aromatic N) is 2. The molecule has 1 N–H and O–H groups in total. The number of benzene rings is 1. The Hall–Kier alpha value is -2.28. The van der Waals surface area contributed by atoms with Crippen LogP contribution >= 0.6 is 0 Å². The first-order valence-electron chi connectivity index (χ1n) is 9.20. The summed E-state index contributed by atoms with van der Waals surface area (Å²) in [5.41, 5.74) is 0.823. The van der Waals surface area contributed by atoms with Gasteiger partial charge in [-0.25, -0.2) is 4.79 Å². The zero-order valence-corrected chi connectivity index (χ0v) is 15.6. The molecule has 2 saturated heterocycles. The predicted molar refractivity (Wildman–Crippen MR) is 98.5 cm³/mol. The van der Waals surface area contributed by atoms with Crippen molar-refractivity contribution >= 4 is 17.6 Å². The maximum Gasteiger partial charge on any atom is 0.317 e. The molecule has 3 atom stereocenters. The van der Waals surface area contributed by atoms with Crippen LogP contribution in [0.25, 0.3) is 0 Å². The lowest BCUT2D eigenvalue weighted by atomic mass is 10.2. The van der Waals surface area contributed by atoms with Crippen LogP contribution in [0.15, 0.2) is 24.3 Å². The number of morpholine rings is 1. The van der Waals surface area contributed by atoms with E-state index in [0.717, 1.165) is 11.4 Å². The molecule has 142 valence electrons. The van der Waals surface area contributed by atoms with Crippen LogP contribution in [-0.2, 0) is 9.53 Å². The fourth-order valence-corrected chi connectivity index (χ4v) is 3.55. The molecule has 0 radical (unpaired) electrons. The van der Waals surface area contributed by atoms with Gasteiger partial charge in [-0.05, 0) is 45.0 Å². The molecule has 7 nitrogen and oxygen atoms in total. The highest BCUT2D eigenvalue weighted by Gasteiger charge is 2.34. The van der Waals surface area contributed by atoms with Crippen molar-refractivity contribution in [2.75, 3.05) is 31.1 Å². The maximum atomic E-state index is 12.5. The fourth-order valence-electron chi connectivity index (χ4n) is 3.55. The molecule has 26 heavy (non-hydrogen) atoms. The number of carbonyl (C=O) groups excluding carboxylic acids is 2. The zero-order valence-electron chi connectivity index (χ0n) is 15.6. The Balaban J connectivity index is 1.58. The SMILES string of the molecule is CCOc1ccc(N2CC(NC(=O)N3CC(C)OC(C)C3)CC2=O)cc1. The average Bonchev–Trinajstić information content (AvgIpc) is 2.95. The number of nitrogens with one attached hydrogen (secondary N) is 1. The summed E-state index contributed by atoms with van der Waals surface area (Å²) < 4.78 is 11.1.